The summed E-state index contributed by atoms with van der Waals surface area (Å²) in [5.74, 6) is 0.694. The number of hydrogen-bond donors (Lipinski definition) is 0. The lowest BCUT2D eigenvalue weighted by Crippen LogP contribution is -2.25. The second-order valence-corrected chi connectivity index (χ2v) is 6.32. The zero-order valence-corrected chi connectivity index (χ0v) is 14.7. The van der Waals surface area contributed by atoms with Gasteiger partial charge in [0.15, 0.2) is 0 Å². The van der Waals surface area contributed by atoms with Crippen molar-refractivity contribution >= 4 is 12.0 Å². The van der Waals surface area contributed by atoms with E-state index in [9.17, 15) is 0 Å². The highest BCUT2D eigenvalue weighted by molar-refractivity contribution is 5.62. The van der Waals surface area contributed by atoms with Gasteiger partial charge in [0, 0.05) is 26.1 Å². The molecule has 0 amide bonds. The van der Waals surface area contributed by atoms with E-state index in [0.717, 1.165) is 37.2 Å². The number of aryl methyl sites for hydroxylation is 2. The van der Waals surface area contributed by atoms with Crippen LogP contribution >= 0.6 is 0 Å². The van der Waals surface area contributed by atoms with Crippen molar-refractivity contribution in [2.45, 2.75) is 39.2 Å². The lowest BCUT2D eigenvalue weighted by Gasteiger charge is -2.25. The molecule has 1 aromatic heterocycles. The molecule has 0 aliphatic heterocycles. The standard InChI is InChI=1S/C20H25N3O/c1-4-23(3)14-21-19-11-12-20(22-15(19)2)24-18-10-9-16-7-5-6-8-17(16)13-18/h5-8,11-12,14,18H,4,9-10,13H2,1-3H3/b21-14+/t18-/m1/s1. The minimum atomic E-state index is 0.201. The summed E-state index contributed by atoms with van der Waals surface area (Å²) < 4.78 is 6.12. The van der Waals surface area contributed by atoms with Crippen molar-refractivity contribution in [1.29, 1.82) is 0 Å². The number of hydrogen-bond acceptors (Lipinski definition) is 3. The fourth-order valence-electron chi connectivity index (χ4n) is 2.91. The van der Waals surface area contributed by atoms with Crippen LogP contribution in [0.5, 0.6) is 5.88 Å². The van der Waals surface area contributed by atoms with Crippen LogP contribution in [0.2, 0.25) is 0 Å². The van der Waals surface area contributed by atoms with Gasteiger partial charge in [-0.1, -0.05) is 24.3 Å². The van der Waals surface area contributed by atoms with Crippen molar-refractivity contribution in [3.63, 3.8) is 0 Å². The summed E-state index contributed by atoms with van der Waals surface area (Å²) in [6, 6.07) is 12.5. The van der Waals surface area contributed by atoms with E-state index in [-0.39, 0.29) is 6.10 Å². The van der Waals surface area contributed by atoms with Gasteiger partial charge in [-0.2, -0.15) is 0 Å². The molecule has 1 aliphatic rings. The van der Waals surface area contributed by atoms with Crippen LogP contribution in [0.25, 0.3) is 0 Å². The Balaban J connectivity index is 1.66. The predicted molar refractivity (Wildman–Crippen MR) is 98.3 cm³/mol. The first-order valence-electron chi connectivity index (χ1n) is 8.61. The highest BCUT2D eigenvalue weighted by Crippen LogP contribution is 2.26. The maximum atomic E-state index is 6.12. The van der Waals surface area contributed by atoms with Gasteiger partial charge in [-0.15, -0.1) is 0 Å². The molecule has 4 nitrogen and oxygen atoms in total. The molecule has 0 bridgehead atoms. The largest absolute Gasteiger partial charge is 0.474 e. The first-order chi connectivity index (χ1) is 11.7. The molecule has 0 spiro atoms. The molecule has 3 rings (SSSR count). The maximum absolute atomic E-state index is 6.12. The van der Waals surface area contributed by atoms with Gasteiger partial charge < -0.3 is 9.64 Å². The van der Waals surface area contributed by atoms with Crippen molar-refractivity contribution in [2.24, 2.45) is 4.99 Å². The summed E-state index contributed by atoms with van der Waals surface area (Å²) in [6.07, 6.45) is 5.11. The Bertz CT molecular complexity index is 727. The van der Waals surface area contributed by atoms with Gasteiger partial charge in [0.25, 0.3) is 0 Å². The summed E-state index contributed by atoms with van der Waals surface area (Å²) >= 11 is 0. The summed E-state index contributed by atoms with van der Waals surface area (Å²) in [6.45, 7) is 5.00. The Labute approximate surface area is 144 Å². The quantitative estimate of drug-likeness (QED) is 0.618. The van der Waals surface area contributed by atoms with E-state index >= 15 is 0 Å². The Hall–Kier alpha value is -2.36. The summed E-state index contributed by atoms with van der Waals surface area (Å²) in [5, 5.41) is 0. The Morgan fingerprint density at radius 1 is 1.25 bits per heavy atom. The van der Waals surface area contributed by atoms with E-state index in [0.29, 0.717) is 5.88 Å². The van der Waals surface area contributed by atoms with Crippen LogP contribution in [0.3, 0.4) is 0 Å². The maximum Gasteiger partial charge on any atom is 0.213 e. The third-order valence-electron chi connectivity index (χ3n) is 4.51. The van der Waals surface area contributed by atoms with Gasteiger partial charge in [-0.25, -0.2) is 9.98 Å². The van der Waals surface area contributed by atoms with Crippen LogP contribution in [0.4, 0.5) is 5.69 Å². The van der Waals surface area contributed by atoms with Crippen molar-refractivity contribution in [3.05, 3.63) is 53.2 Å². The molecule has 0 radical (unpaired) electrons. The smallest absolute Gasteiger partial charge is 0.213 e. The number of ether oxygens (including phenoxy) is 1. The van der Waals surface area contributed by atoms with Gasteiger partial charge in [-0.3, -0.25) is 0 Å². The fraction of sp³-hybridized carbons (Fsp3) is 0.400. The molecular weight excluding hydrogens is 298 g/mol. The molecule has 0 saturated carbocycles. The van der Waals surface area contributed by atoms with E-state index in [2.05, 4.69) is 41.2 Å². The van der Waals surface area contributed by atoms with Gasteiger partial charge >= 0.3 is 0 Å². The minimum absolute atomic E-state index is 0.201. The lowest BCUT2D eigenvalue weighted by atomic mass is 9.90. The van der Waals surface area contributed by atoms with Crippen molar-refractivity contribution in [3.8, 4) is 5.88 Å². The molecule has 126 valence electrons. The number of pyridine rings is 1. The van der Waals surface area contributed by atoms with E-state index in [1.165, 1.54) is 11.1 Å². The Morgan fingerprint density at radius 2 is 2.04 bits per heavy atom. The monoisotopic (exact) mass is 323 g/mol. The van der Waals surface area contributed by atoms with Crippen molar-refractivity contribution < 1.29 is 4.74 Å². The van der Waals surface area contributed by atoms with E-state index in [4.69, 9.17) is 4.74 Å². The van der Waals surface area contributed by atoms with Crippen molar-refractivity contribution in [1.82, 2.24) is 9.88 Å². The molecule has 24 heavy (non-hydrogen) atoms. The number of nitrogens with zero attached hydrogens (tertiary/aromatic N) is 3. The Kier molecular flexibility index (Phi) is 5.14. The third-order valence-corrected chi connectivity index (χ3v) is 4.51. The fourth-order valence-corrected chi connectivity index (χ4v) is 2.91. The lowest BCUT2D eigenvalue weighted by molar-refractivity contribution is 0.177. The zero-order valence-electron chi connectivity index (χ0n) is 14.7. The van der Waals surface area contributed by atoms with Crippen LogP contribution in [0, 0.1) is 6.92 Å². The number of benzene rings is 1. The molecule has 0 saturated heterocycles. The van der Waals surface area contributed by atoms with Crippen LogP contribution in [0.1, 0.15) is 30.2 Å². The number of aromatic nitrogens is 1. The summed E-state index contributed by atoms with van der Waals surface area (Å²) in [5.41, 5.74) is 4.63. The van der Waals surface area contributed by atoms with Crippen molar-refractivity contribution in [2.75, 3.05) is 13.6 Å². The van der Waals surface area contributed by atoms with Gasteiger partial charge in [0.1, 0.15) is 6.10 Å². The molecule has 1 heterocycles. The molecule has 1 aliphatic carbocycles. The molecule has 0 N–H and O–H groups in total. The average molecular weight is 323 g/mol. The van der Waals surface area contributed by atoms with Crippen LogP contribution in [-0.4, -0.2) is 35.9 Å². The second-order valence-electron chi connectivity index (χ2n) is 6.32. The van der Waals surface area contributed by atoms with E-state index < -0.39 is 0 Å². The molecular formula is C20H25N3O. The van der Waals surface area contributed by atoms with Gasteiger partial charge in [-0.05, 0) is 43.9 Å². The van der Waals surface area contributed by atoms with E-state index in [1.54, 1.807) is 0 Å². The number of rotatable bonds is 5. The molecule has 0 fully saturated rings. The SMILES string of the molecule is CCN(C)/C=N/c1ccc(O[C@@H]2CCc3ccccc3C2)nc1C. The molecule has 4 heteroatoms. The van der Waals surface area contributed by atoms with Crippen LogP contribution < -0.4 is 4.74 Å². The average Bonchev–Trinajstić information content (AvgIpc) is 2.60. The molecule has 1 atom stereocenters. The first-order valence-corrected chi connectivity index (χ1v) is 8.61. The highest BCUT2D eigenvalue weighted by atomic mass is 16.5. The minimum Gasteiger partial charge on any atom is -0.474 e. The zero-order chi connectivity index (χ0) is 16.9. The first kappa shape index (κ1) is 16.5. The topological polar surface area (TPSA) is 37.7 Å². The molecule has 0 unspecified atom stereocenters. The Morgan fingerprint density at radius 3 is 2.79 bits per heavy atom. The molecule has 2 aromatic rings. The molecule has 1 aromatic carbocycles. The van der Waals surface area contributed by atoms with Crippen LogP contribution in [0.15, 0.2) is 41.4 Å². The van der Waals surface area contributed by atoms with Crippen LogP contribution in [-0.2, 0) is 12.8 Å². The van der Waals surface area contributed by atoms with Gasteiger partial charge in [0.2, 0.25) is 5.88 Å². The predicted octanol–water partition coefficient (Wildman–Crippen LogP) is 3.94. The summed E-state index contributed by atoms with van der Waals surface area (Å²) in [4.78, 5) is 11.1. The van der Waals surface area contributed by atoms with Gasteiger partial charge in [0.05, 0.1) is 17.7 Å². The third kappa shape index (κ3) is 3.94. The van der Waals surface area contributed by atoms with E-state index in [1.807, 2.05) is 37.3 Å². The number of fused-ring (bicyclic) bond motifs is 1. The number of aliphatic imine (C=N–C) groups is 1. The second kappa shape index (κ2) is 7.47. The highest BCUT2D eigenvalue weighted by Gasteiger charge is 2.20. The normalized spacial score (nSPS) is 16.9. The summed E-state index contributed by atoms with van der Waals surface area (Å²) in [7, 11) is 2.00.